The second-order valence-corrected chi connectivity index (χ2v) is 8.93. The van der Waals surface area contributed by atoms with E-state index >= 15 is 0 Å². The van der Waals surface area contributed by atoms with Crippen molar-refractivity contribution < 1.29 is 8.42 Å². The normalized spacial score (nSPS) is 13.3. The van der Waals surface area contributed by atoms with Crippen molar-refractivity contribution in [3.8, 4) is 0 Å². The molecule has 0 spiro atoms. The van der Waals surface area contributed by atoms with Crippen LogP contribution in [0.3, 0.4) is 0 Å². The molecule has 2 heterocycles. The van der Waals surface area contributed by atoms with Gasteiger partial charge in [0.05, 0.1) is 12.2 Å². The van der Waals surface area contributed by atoms with Crippen molar-refractivity contribution in [3.63, 3.8) is 0 Å². The van der Waals surface area contributed by atoms with Crippen LogP contribution in [-0.4, -0.2) is 18.2 Å². The van der Waals surface area contributed by atoms with Crippen molar-refractivity contribution in [3.05, 3.63) is 70.2 Å². The number of thiophene rings is 1. The second kappa shape index (κ2) is 7.11. The number of benzene rings is 1. The third kappa shape index (κ3) is 4.00. The lowest BCUT2D eigenvalue weighted by Crippen LogP contribution is -2.28. The molecule has 0 amide bonds. The molecular formula is C18H21N3O2S2. The fraction of sp³-hybridized carbons (Fsp3) is 0.278. The summed E-state index contributed by atoms with van der Waals surface area (Å²) in [4.78, 5) is 1.11. The quantitative estimate of drug-likeness (QED) is 0.715. The third-order valence-electron chi connectivity index (χ3n) is 4.03. The van der Waals surface area contributed by atoms with Gasteiger partial charge in [-0.05, 0) is 28.5 Å². The molecule has 1 N–H and O–H groups in total. The van der Waals surface area contributed by atoms with Crippen LogP contribution in [0.15, 0.2) is 59.1 Å². The van der Waals surface area contributed by atoms with Gasteiger partial charge in [0, 0.05) is 18.1 Å². The fourth-order valence-corrected chi connectivity index (χ4v) is 4.64. The van der Waals surface area contributed by atoms with E-state index in [4.69, 9.17) is 0 Å². The van der Waals surface area contributed by atoms with E-state index in [-0.39, 0.29) is 4.90 Å². The first-order valence-corrected chi connectivity index (χ1v) is 10.4. The van der Waals surface area contributed by atoms with E-state index in [0.29, 0.717) is 5.92 Å². The zero-order valence-electron chi connectivity index (χ0n) is 14.4. The fourth-order valence-electron chi connectivity index (χ4n) is 2.58. The van der Waals surface area contributed by atoms with Gasteiger partial charge in [0.2, 0.25) is 10.0 Å². The lowest BCUT2D eigenvalue weighted by molar-refractivity contribution is 0.573. The van der Waals surface area contributed by atoms with E-state index in [0.717, 1.165) is 10.4 Å². The van der Waals surface area contributed by atoms with Crippen LogP contribution >= 0.6 is 11.3 Å². The van der Waals surface area contributed by atoms with Gasteiger partial charge in [-0.15, -0.1) is 11.3 Å². The molecule has 0 aliphatic heterocycles. The Morgan fingerprint density at radius 1 is 1.12 bits per heavy atom. The molecule has 1 unspecified atom stereocenters. The van der Waals surface area contributed by atoms with E-state index in [1.54, 1.807) is 7.05 Å². The monoisotopic (exact) mass is 375 g/mol. The first kappa shape index (κ1) is 17.8. The molecule has 0 aliphatic carbocycles. The number of nitrogens with one attached hydrogen (secondary N) is 1. The van der Waals surface area contributed by atoms with Gasteiger partial charge in [0.25, 0.3) is 0 Å². The lowest BCUT2D eigenvalue weighted by Gasteiger charge is -2.18. The molecule has 1 atom stereocenters. The van der Waals surface area contributed by atoms with Crippen LogP contribution in [-0.2, 0) is 17.1 Å². The van der Waals surface area contributed by atoms with Crippen LogP contribution in [0.5, 0.6) is 0 Å². The number of sulfonamides is 1. The Hall–Kier alpha value is -1.96. The topological polar surface area (TPSA) is 64.0 Å². The number of aromatic nitrogens is 2. The van der Waals surface area contributed by atoms with E-state index < -0.39 is 16.1 Å². The summed E-state index contributed by atoms with van der Waals surface area (Å²) in [6, 6.07) is 11.5. The Kier molecular flexibility index (Phi) is 5.08. The van der Waals surface area contributed by atoms with Crippen molar-refractivity contribution in [2.45, 2.75) is 30.7 Å². The highest BCUT2D eigenvalue weighted by Crippen LogP contribution is 2.29. The van der Waals surface area contributed by atoms with Crippen LogP contribution in [0.2, 0.25) is 0 Å². The minimum Gasteiger partial charge on any atom is -0.274 e. The molecule has 1 aromatic carbocycles. The van der Waals surface area contributed by atoms with Gasteiger partial charge in [-0.25, -0.2) is 8.42 Å². The molecule has 0 aliphatic rings. The lowest BCUT2D eigenvalue weighted by atomic mass is 9.99. The minimum absolute atomic E-state index is 0.162. The van der Waals surface area contributed by atoms with Crippen molar-refractivity contribution in [2.24, 2.45) is 7.05 Å². The smallest absolute Gasteiger partial charge is 0.244 e. The Bertz CT molecular complexity index is 927. The van der Waals surface area contributed by atoms with E-state index in [1.165, 1.54) is 34.0 Å². The van der Waals surface area contributed by atoms with Gasteiger partial charge in [-0.2, -0.15) is 9.82 Å². The van der Waals surface area contributed by atoms with Crippen molar-refractivity contribution in [2.75, 3.05) is 0 Å². The number of hydrogen-bond donors (Lipinski definition) is 1. The number of nitrogens with zero attached hydrogens (tertiary/aromatic N) is 2. The number of rotatable bonds is 6. The Balaban J connectivity index is 1.96. The molecule has 25 heavy (non-hydrogen) atoms. The molecular weight excluding hydrogens is 354 g/mol. The molecule has 3 aromatic rings. The standard InChI is InChI=1S/C18H21N3O2S2/c1-13(2)14-6-8-15(9-7-14)18(17-5-4-10-24-17)20-25(22,23)16-11-19-21(3)12-16/h4-13,18,20H,1-3H3. The molecule has 0 saturated carbocycles. The average Bonchev–Trinajstić information content (AvgIpc) is 3.24. The van der Waals surface area contributed by atoms with Crippen LogP contribution in [0.1, 0.15) is 41.8 Å². The van der Waals surface area contributed by atoms with Crippen LogP contribution in [0, 0.1) is 0 Å². The molecule has 3 rings (SSSR count). The van der Waals surface area contributed by atoms with E-state index in [2.05, 4.69) is 35.8 Å². The predicted molar refractivity (Wildman–Crippen MR) is 100 cm³/mol. The summed E-state index contributed by atoms with van der Waals surface area (Å²) >= 11 is 1.53. The second-order valence-electron chi connectivity index (χ2n) is 6.24. The highest BCUT2D eigenvalue weighted by molar-refractivity contribution is 7.89. The van der Waals surface area contributed by atoms with Gasteiger partial charge in [0.15, 0.2) is 0 Å². The van der Waals surface area contributed by atoms with Crippen LogP contribution < -0.4 is 4.72 Å². The summed E-state index contributed by atoms with van der Waals surface area (Å²) in [6.07, 6.45) is 2.85. The average molecular weight is 376 g/mol. The number of aryl methyl sites for hydroxylation is 1. The van der Waals surface area contributed by atoms with E-state index in [1.807, 2.05) is 29.6 Å². The Morgan fingerprint density at radius 3 is 2.32 bits per heavy atom. The highest BCUT2D eigenvalue weighted by atomic mass is 32.2. The van der Waals surface area contributed by atoms with Crippen LogP contribution in [0.25, 0.3) is 0 Å². The largest absolute Gasteiger partial charge is 0.274 e. The maximum atomic E-state index is 12.7. The zero-order valence-corrected chi connectivity index (χ0v) is 16.0. The van der Waals surface area contributed by atoms with Gasteiger partial charge in [-0.3, -0.25) is 4.68 Å². The van der Waals surface area contributed by atoms with Crippen molar-refractivity contribution in [1.29, 1.82) is 0 Å². The molecule has 132 valence electrons. The minimum atomic E-state index is -3.67. The molecule has 0 radical (unpaired) electrons. The Morgan fingerprint density at radius 2 is 1.80 bits per heavy atom. The maximum absolute atomic E-state index is 12.7. The molecule has 7 heteroatoms. The number of hydrogen-bond acceptors (Lipinski definition) is 4. The van der Waals surface area contributed by atoms with E-state index in [9.17, 15) is 8.42 Å². The van der Waals surface area contributed by atoms with Crippen molar-refractivity contribution in [1.82, 2.24) is 14.5 Å². The first-order chi connectivity index (χ1) is 11.9. The van der Waals surface area contributed by atoms with Crippen molar-refractivity contribution >= 4 is 21.4 Å². The summed E-state index contributed by atoms with van der Waals surface area (Å²) in [7, 11) is -1.97. The SMILES string of the molecule is CC(C)c1ccc(C(NS(=O)(=O)c2cnn(C)c2)c2cccs2)cc1. The summed E-state index contributed by atoms with van der Waals surface area (Å²) in [5, 5.41) is 5.90. The van der Waals surface area contributed by atoms with Gasteiger partial charge in [0.1, 0.15) is 4.90 Å². The summed E-state index contributed by atoms with van der Waals surface area (Å²) in [5.41, 5.74) is 2.14. The third-order valence-corrected chi connectivity index (χ3v) is 6.34. The summed E-state index contributed by atoms with van der Waals surface area (Å²) < 4.78 is 29.8. The van der Waals surface area contributed by atoms with Gasteiger partial charge in [-0.1, -0.05) is 44.2 Å². The predicted octanol–water partition coefficient (Wildman–Crippen LogP) is 3.67. The van der Waals surface area contributed by atoms with Gasteiger partial charge < -0.3 is 0 Å². The van der Waals surface area contributed by atoms with Crippen LogP contribution in [0.4, 0.5) is 0 Å². The summed E-state index contributed by atoms with van der Waals surface area (Å²) in [5.74, 6) is 0.432. The first-order valence-electron chi connectivity index (χ1n) is 8.01. The molecule has 2 aromatic heterocycles. The molecule has 0 saturated heterocycles. The van der Waals surface area contributed by atoms with Gasteiger partial charge >= 0.3 is 0 Å². The zero-order chi connectivity index (χ0) is 18.0. The maximum Gasteiger partial charge on any atom is 0.244 e. The molecule has 5 nitrogen and oxygen atoms in total. The Labute approximate surface area is 152 Å². The highest BCUT2D eigenvalue weighted by Gasteiger charge is 2.24. The summed E-state index contributed by atoms with van der Waals surface area (Å²) in [6.45, 7) is 4.27. The molecule has 0 fully saturated rings. The molecule has 0 bridgehead atoms.